The molecule has 0 aromatic heterocycles. The van der Waals surface area contributed by atoms with Gasteiger partial charge in [0.15, 0.2) is 0 Å². The molecule has 1 amide bonds. The number of halogens is 1. The Labute approximate surface area is 195 Å². The average Bonchev–Trinajstić information content (AvgIpc) is 3.42. The third-order valence-corrected chi connectivity index (χ3v) is 7.57. The van der Waals surface area contributed by atoms with Crippen LogP contribution in [0.3, 0.4) is 0 Å². The van der Waals surface area contributed by atoms with Crippen LogP contribution < -0.4 is 4.74 Å². The molecule has 0 unspecified atom stereocenters. The van der Waals surface area contributed by atoms with Crippen molar-refractivity contribution in [3.8, 4) is 5.75 Å². The van der Waals surface area contributed by atoms with E-state index in [9.17, 15) is 9.18 Å². The van der Waals surface area contributed by atoms with Crippen LogP contribution in [0, 0.1) is 23.6 Å². The van der Waals surface area contributed by atoms with Gasteiger partial charge in [-0.15, -0.1) is 0 Å². The van der Waals surface area contributed by atoms with E-state index in [1.165, 1.54) is 6.07 Å². The van der Waals surface area contributed by atoms with Gasteiger partial charge in [0.25, 0.3) is 5.91 Å². The topological polar surface area (TPSA) is 42.0 Å². The fraction of sp³-hybridized carbons (Fsp3) is 0.519. The highest BCUT2D eigenvalue weighted by molar-refractivity contribution is 5.97. The van der Waals surface area contributed by atoms with Crippen LogP contribution in [0.4, 0.5) is 4.39 Å². The first-order valence-electron chi connectivity index (χ1n) is 12.2. The summed E-state index contributed by atoms with van der Waals surface area (Å²) in [5, 5.41) is 0. The Kier molecular flexibility index (Phi) is 6.93. The Balaban J connectivity index is 1.20. The molecule has 0 bridgehead atoms. The van der Waals surface area contributed by atoms with E-state index in [0.29, 0.717) is 35.7 Å². The second-order valence-electron chi connectivity index (χ2n) is 9.60. The number of para-hydroxylation sites is 1. The normalized spacial score (nSPS) is 25.2. The number of likely N-dealkylation sites (tertiary alicyclic amines) is 1. The molecule has 0 spiro atoms. The van der Waals surface area contributed by atoms with Crippen molar-refractivity contribution < 1.29 is 18.7 Å². The number of hydrogen-bond acceptors (Lipinski definition) is 4. The van der Waals surface area contributed by atoms with E-state index in [-0.39, 0.29) is 11.7 Å². The van der Waals surface area contributed by atoms with E-state index in [4.69, 9.17) is 9.47 Å². The zero-order valence-corrected chi connectivity index (χ0v) is 19.1. The molecule has 2 aromatic carbocycles. The minimum Gasteiger partial charge on any atom is -0.491 e. The summed E-state index contributed by atoms with van der Waals surface area (Å²) in [6, 6.07) is 14.6. The number of nitrogens with zero attached hydrogens (tertiary/aromatic N) is 2. The van der Waals surface area contributed by atoms with Gasteiger partial charge < -0.3 is 14.4 Å². The monoisotopic (exact) mass is 452 g/mol. The summed E-state index contributed by atoms with van der Waals surface area (Å²) in [6.45, 7) is 6.39. The molecule has 0 radical (unpaired) electrons. The van der Waals surface area contributed by atoms with Crippen LogP contribution in [0.2, 0.25) is 0 Å². The van der Waals surface area contributed by atoms with Gasteiger partial charge in [-0.25, -0.2) is 4.39 Å². The van der Waals surface area contributed by atoms with Gasteiger partial charge in [0.2, 0.25) is 0 Å². The molecule has 2 heterocycles. The summed E-state index contributed by atoms with van der Waals surface area (Å²) >= 11 is 0. The highest BCUT2D eigenvalue weighted by Gasteiger charge is 2.44. The van der Waals surface area contributed by atoms with Crippen LogP contribution in [0.25, 0.3) is 0 Å². The summed E-state index contributed by atoms with van der Waals surface area (Å²) < 4.78 is 25.1. The Hall–Kier alpha value is -2.44. The number of ether oxygens (including phenoxy) is 2. The molecule has 1 aliphatic carbocycles. The number of carbonyl (C=O) groups is 1. The minimum absolute atomic E-state index is 0.0656. The zero-order chi connectivity index (χ0) is 22.6. The van der Waals surface area contributed by atoms with Gasteiger partial charge in [0.1, 0.15) is 18.2 Å². The first kappa shape index (κ1) is 22.4. The lowest BCUT2D eigenvalue weighted by molar-refractivity contribution is 0.0322. The van der Waals surface area contributed by atoms with Crippen LogP contribution in [-0.4, -0.2) is 68.3 Å². The van der Waals surface area contributed by atoms with Crippen molar-refractivity contribution in [2.24, 2.45) is 17.8 Å². The highest BCUT2D eigenvalue weighted by Crippen LogP contribution is 2.44. The lowest BCUT2D eigenvalue weighted by atomic mass is 9.87. The quantitative estimate of drug-likeness (QED) is 0.640. The summed E-state index contributed by atoms with van der Waals surface area (Å²) in [7, 11) is 0. The number of carbonyl (C=O) groups excluding carboxylic acids is 1. The molecular weight excluding hydrogens is 419 g/mol. The average molecular weight is 453 g/mol. The Bertz CT molecular complexity index is 962. The summed E-state index contributed by atoms with van der Waals surface area (Å²) in [6.07, 6.45) is 3.20. The molecule has 3 aliphatic rings. The molecule has 3 fully saturated rings. The summed E-state index contributed by atoms with van der Waals surface area (Å²) in [4.78, 5) is 17.8. The molecule has 176 valence electrons. The predicted octanol–water partition coefficient (Wildman–Crippen LogP) is 3.88. The molecule has 2 saturated heterocycles. The first-order valence-corrected chi connectivity index (χ1v) is 12.2. The van der Waals surface area contributed by atoms with Crippen molar-refractivity contribution in [2.75, 3.05) is 52.5 Å². The highest BCUT2D eigenvalue weighted by atomic mass is 19.1. The second-order valence-corrected chi connectivity index (χ2v) is 9.60. The van der Waals surface area contributed by atoms with E-state index >= 15 is 0 Å². The second kappa shape index (κ2) is 10.2. The van der Waals surface area contributed by atoms with Crippen LogP contribution in [-0.2, 0) is 11.2 Å². The summed E-state index contributed by atoms with van der Waals surface area (Å²) in [5.41, 5.74) is 1.71. The lowest BCUT2D eigenvalue weighted by Gasteiger charge is -2.26. The molecular formula is C27H33FN2O3. The smallest absolute Gasteiger partial charge is 0.257 e. The SMILES string of the molecule is O=C(c1ccccc1OCCN1CCOCC1)N1C[C@H]2CC[C@H](Cc3cccc(F)c3)[C@H]2C1. The third-order valence-electron chi connectivity index (χ3n) is 7.57. The van der Waals surface area contributed by atoms with Crippen LogP contribution >= 0.6 is 0 Å². The van der Waals surface area contributed by atoms with E-state index in [2.05, 4.69) is 4.90 Å². The fourth-order valence-electron chi connectivity index (χ4n) is 5.81. The van der Waals surface area contributed by atoms with Crippen LogP contribution in [0.15, 0.2) is 48.5 Å². The number of hydrogen-bond donors (Lipinski definition) is 0. The van der Waals surface area contributed by atoms with E-state index in [1.807, 2.05) is 35.2 Å². The van der Waals surface area contributed by atoms with Gasteiger partial charge in [-0.1, -0.05) is 24.3 Å². The number of fused-ring (bicyclic) bond motifs is 1. The largest absolute Gasteiger partial charge is 0.491 e. The number of benzene rings is 2. The van der Waals surface area contributed by atoms with Crippen molar-refractivity contribution in [3.63, 3.8) is 0 Å². The maximum atomic E-state index is 13.6. The molecule has 33 heavy (non-hydrogen) atoms. The van der Waals surface area contributed by atoms with Crippen molar-refractivity contribution in [2.45, 2.75) is 19.3 Å². The molecule has 6 heteroatoms. The van der Waals surface area contributed by atoms with Crippen molar-refractivity contribution >= 4 is 5.91 Å². The maximum absolute atomic E-state index is 13.6. The molecule has 2 aliphatic heterocycles. The van der Waals surface area contributed by atoms with E-state index in [1.54, 1.807) is 12.1 Å². The van der Waals surface area contributed by atoms with Crippen LogP contribution in [0.5, 0.6) is 5.75 Å². The molecule has 3 atom stereocenters. The standard InChI is InChI=1S/C27H33FN2O3/c28-23-5-3-4-20(17-23)16-21-8-9-22-18-30(19-25(21)22)27(31)24-6-1-2-7-26(24)33-15-12-29-10-13-32-14-11-29/h1-7,17,21-22,25H,8-16,18-19H2/t21-,22-,25-/m1/s1. The molecule has 0 N–H and O–H groups in total. The van der Waals surface area contributed by atoms with Gasteiger partial charge in [0.05, 0.1) is 18.8 Å². The molecule has 5 nitrogen and oxygen atoms in total. The lowest BCUT2D eigenvalue weighted by Crippen LogP contribution is -2.38. The van der Waals surface area contributed by atoms with E-state index in [0.717, 1.165) is 70.8 Å². The van der Waals surface area contributed by atoms with Crippen molar-refractivity contribution in [1.29, 1.82) is 0 Å². The van der Waals surface area contributed by atoms with Crippen molar-refractivity contribution in [1.82, 2.24) is 9.80 Å². The van der Waals surface area contributed by atoms with Gasteiger partial charge >= 0.3 is 0 Å². The molecule has 2 aromatic rings. The van der Waals surface area contributed by atoms with Gasteiger partial charge in [-0.3, -0.25) is 9.69 Å². The maximum Gasteiger partial charge on any atom is 0.257 e. The Morgan fingerprint density at radius 2 is 1.91 bits per heavy atom. The Morgan fingerprint density at radius 1 is 1.06 bits per heavy atom. The summed E-state index contributed by atoms with van der Waals surface area (Å²) in [5.74, 6) is 2.11. The minimum atomic E-state index is -0.171. The fourth-order valence-corrected chi connectivity index (χ4v) is 5.81. The van der Waals surface area contributed by atoms with Gasteiger partial charge in [0, 0.05) is 32.7 Å². The number of rotatable bonds is 7. The Morgan fingerprint density at radius 3 is 2.76 bits per heavy atom. The third kappa shape index (κ3) is 5.22. The molecule has 1 saturated carbocycles. The predicted molar refractivity (Wildman–Crippen MR) is 125 cm³/mol. The van der Waals surface area contributed by atoms with Gasteiger partial charge in [-0.2, -0.15) is 0 Å². The first-order chi connectivity index (χ1) is 16.2. The molecule has 5 rings (SSSR count). The van der Waals surface area contributed by atoms with Gasteiger partial charge in [-0.05, 0) is 66.8 Å². The van der Waals surface area contributed by atoms with E-state index < -0.39 is 0 Å². The van der Waals surface area contributed by atoms with Crippen molar-refractivity contribution in [3.05, 3.63) is 65.5 Å². The number of morpholine rings is 1. The number of amides is 1. The van der Waals surface area contributed by atoms with Crippen LogP contribution in [0.1, 0.15) is 28.8 Å². The zero-order valence-electron chi connectivity index (χ0n) is 19.1.